The van der Waals surface area contributed by atoms with Crippen LogP contribution < -0.4 is 5.32 Å². The lowest BCUT2D eigenvalue weighted by atomic mass is 9.92. The van der Waals surface area contributed by atoms with Crippen LogP contribution in [-0.4, -0.2) is 32.0 Å². The molecule has 0 spiro atoms. The maximum atomic E-state index is 11.1. The van der Waals surface area contributed by atoms with Gasteiger partial charge in [0, 0.05) is 6.54 Å². The second-order valence-electron chi connectivity index (χ2n) is 4.96. The molecule has 1 aromatic rings. The molecule has 0 bridgehead atoms. The first-order valence-corrected chi connectivity index (χ1v) is 6.71. The molecule has 0 radical (unpaired) electrons. The summed E-state index contributed by atoms with van der Waals surface area (Å²) in [6, 6.07) is -0.131. The number of nitro groups is 1. The van der Waals surface area contributed by atoms with Gasteiger partial charge in [-0.1, -0.05) is 12.8 Å². The summed E-state index contributed by atoms with van der Waals surface area (Å²) >= 11 is 0. The first-order chi connectivity index (χ1) is 9.04. The van der Waals surface area contributed by atoms with Crippen molar-refractivity contribution in [1.29, 1.82) is 0 Å². The van der Waals surface area contributed by atoms with Gasteiger partial charge in [-0.05, 0) is 26.7 Å². The molecule has 7 nitrogen and oxygen atoms in total. The van der Waals surface area contributed by atoms with Crippen LogP contribution in [0.2, 0.25) is 0 Å². The van der Waals surface area contributed by atoms with Crippen molar-refractivity contribution in [2.45, 2.75) is 58.2 Å². The monoisotopic (exact) mass is 268 g/mol. The van der Waals surface area contributed by atoms with Crippen molar-refractivity contribution < 1.29 is 10.0 Å². The molecule has 1 aliphatic rings. The van der Waals surface area contributed by atoms with E-state index in [9.17, 15) is 15.2 Å². The second-order valence-corrected chi connectivity index (χ2v) is 4.96. The number of aromatic nitrogens is 2. The number of nitrogens with one attached hydrogen (secondary N) is 1. The third-order valence-electron chi connectivity index (χ3n) is 3.63. The number of nitrogens with zero attached hydrogens (tertiary/aromatic N) is 3. The average molecular weight is 268 g/mol. The van der Waals surface area contributed by atoms with E-state index in [-0.39, 0.29) is 11.7 Å². The highest BCUT2D eigenvalue weighted by molar-refractivity contribution is 5.60. The zero-order chi connectivity index (χ0) is 14.0. The van der Waals surface area contributed by atoms with Crippen molar-refractivity contribution >= 4 is 11.5 Å². The van der Waals surface area contributed by atoms with Gasteiger partial charge < -0.3 is 10.4 Å². The van der Waals surface area contributed by atoms with E-state index < -0.39 is 11.0 Å². The fraction of sp³-hybridized carbons (Fsp3) is 0.750. The third kappa shape index (κ3) is 2.70. The molecule has 0 saturated heterocycles. The summed E-state index contributed by atoms with van der Waals surface area (Å²) in [4.78, 5) is 10.7. The zero-order valence-corrected chi connectivity index (χ0v) is 11.3. The van der Waals surface area contributed by atoms with Gasteiger partial charge in [-0.2, -0.15) is 5.10 Å². The van der Waals surface area contributed by atoms with Crippen LogP contribution in [0.5, 0.6) is 0 Å². The Morgan fingerprint density at radius 2 is 2.21 bits per heavy atom. The first-order valence-electron chi connectivity index (χ1n) is 6.71. The Kier molecular flexibility index (Phi) is 4.04. The smallest absolute Gasteiger partial charge is 0.333 e. The summed E-state index contributed by atoms with van der Waals surface area (Å²) < 4.78 is 1.59. The quantitative estimate of drug-likeness (QED) is 0.642. The van der Waals surface area contributed by atoms with Crippen LogP contribution in [0.3, 0.4) is 0 Å². The van der Waals surface area contributed by atoms with Crippen LogP contribution >= 0.6 is 0 Å². The van der Waals surface area contributed by atoms with Gasteiger partial charge in [0.05, 0.1) is 17.1 Å². The molecule has 19 heavy (non-hydrogen) atoms. The standard InChI is InChI=1S/C12H20N4O3/c1-3-15-12(11(16(18)19)8(2)14-15)13-9-6-4-5-7-10(9)17/h9-10,13,17H,3-7H2,1-2H3. The van der Waals surface area contributed by atoms with E-state index >= 15 is 0 Å². The Morgan fingerprint density at radius 1 is 1.53 bits per heavy atom. The molecule has 7 heteroatoms. The molecule has 1 saturated carbocycles. The lowest BCUT2D eigenvalue weighted by Gasteiger charge is -2.28. The molecule has 106 valence electrons. The van der Waals surface area contributed by atoms with Crippen molar-refractivity contribution in [2.75, 3.05) is 5.32 Å². The minimum absolute atomic E-state index is 0.0135. The van der Waals surface area contributed by atoms with Crippen LogP contribution in [0.25, 0.3) is 0 Å². The molecule has 1 aromatic heterocycles. The van der Waals surface area contributed by atoms with Crippen molar-refractivity contribution in [3.63, 3.8) is 0 Å². The lowest BCUT2D eigenvalue weighted by Crippen LogP contribution is -2.37. The van der Waals surface area contributed by atoms with Crippen molar-refractivity contribution in [3.8, 4) is 0 Å². The van der Waals surface area contributed by atoms with Crippen LogP contribution in [0.15, 0.2) is 0 Å². The van der Waals surface area contributed by atoms with E-state index in [1.165, 1.54) is 0 Å². The molecular formula is C12H20N4O3. The van der Waals surface area contributed by atoms with E-state index in [1.54, 1.807) is 11.6 Å². The van der Waals surface area contributed by atoms with Gasteiger partial charge in [-0.15, -0.1) is 0 Å². The second kappa shape index (κ2) is 5.56. The highest BCUT2D eigenvalue weighted by atomic mass is 16.6. The highest BCUT2D eigenvalue weighted by Gasteiger charge is 2.30. The van der Waals surface area contributed by atoms with Gasteiger partial charge >= 0.3 is 5.69 Å². The Hall–Kier alpha value is -1.63. The Balaban J connectivity index is 2.29. The Labute approximate surface area is 111 Å². The molecule has 1 aliphatic carbocycles. The van der Waals surface area contributed by atoms with Gasteiger partial charge in [0.15, 0.2) is 0 Å². The maximum Gasteiger partial charge on any atom is 0.333 e. The molecule has 1 heterocycles. The van der Waals surface area contributed by atoms with E-state index in [4.69, 9.17) is 0 Å². The SMILES string of the molecule is CCn1nc(C)c([N+](=O)[O-])c1NC1CCCCC1O. The Bertz CT molecular complexity index is 472. The van der Waals surface area contributed by atoms with Crippen LogP contribution in [0.1, 0.15) is 38.3 Å². The molecule has 2 N–H and O–H groups in total. The molecule has 2 rings (SSSR count). The molecule has 0 aromatic carbocycles. The normalized spacial score (nSPS) is 23.3. The fourth-order valence-corrected chi connectivity index (χ4v) is 2.62. The maximum absolute atomic E-state index is 11.1. The third-order valence-corrected chi connectivity index (χ3v) is 3.63. The molecule has 2 unspecified atom stereocenters. The van der Waals surface area contributed by atoms with Crippen molar-refractivity contribution in [2.24, 2.45) is 0 Å². The fourth-order valence-electron chi connectivity index (χ4n) is 2.62. The van der Waals surface area contributed by atoms with Crippen molar-refractivity contribution in [3.05, 3.63) is 15.8 Å². The highest BCUT2D eigenvalue weighted by Crippen LogP contribution is 2.31. The van der Waals surface area contributed by atoms with Gasteiger partial charge in [0.25, 0.3) is 0 Å². The van der Waals surface area contributed by atoms with Crippen LogP contribution in [-0.2, 0) is 6.54 Å². The molecule has 0 aliphatic heterocycles. The average Bonchev–Trinajstić information content (AvgIpc) is 2.68. The first kappa shape index (κ1) is 13.8. The van der Waals surface area contributed by atoms with Crippen molar-refractivity contribution in [1.82, 2.24) is 9.78 Å². The lowest BCUT2D eigenvalue weighted by molar-refractivity contribution is -0.384. The van der Waals surface area contributed by atoms with E-state index in [0.29, 0.717) is 18.1 Å². The van der Waals surface area contributed by atoms with Gasteiger partial charge in [0.2, 0.25) is 5.82 Å². The Morgan fingerprint density at radius 3 is 2.79 bits per heavy atom. The minimum Gasteiger partial charge on any atom is -0.391 e. The van der Waals surface area contributed by atoms with Crippen LogP contribution in [0, 0.1) is 17.0 Å². The topological polar surface area (TPSA) is 93.2 Å². The largest absolute Gasteiger partial charge is 0.391 e. The summed E-state index contributed by atoms with van der Waals surface area (Å²) in [6.07, 6.45) is 3.15. The van der Waals surface area contributed by atoms with Crippen LogP contribution in [0.4, 0.5) is 11.5 Å². The summed E-state index contributed by atoms with van der Waals surface area (Å²) in [5.74, 6) is 0.413. The number of hydrogen-bond donors (Lipinski definition) is 2. The molecule has 1 fully saturated rings. The summed E-state index contributed by atoms with van der Waals surface area (Å²) in [5, 5.41) is 28.4. The number of aryl methyl sites for hydroxylation is 2. The summed E-state index contributed by atoms with van der Waals surface area (Å²) in [7, 11) is 0. The van der Waals surface area contributed by atoms with E-state index in [0.717, 1.165) is 25.7 Å². The number of hydrogen-bond acceptors (Lipinski definition) is 5. The molecule has 0 amide bonds. The number of rotatable bonds is 4. The number of anilines is 1. The van der Waals surface area contributed by atoms with E-state index in [2.05, 4.69) is 10.4 Å². The predicted molar refractivity (Wildman–Crippen MR) is 71.2 cm³/mol. The van der Waals surface area contributed by atoms with E-state index in [1.807, 2.05) is 6.92 Å². The number of aliphatic hydroxyl groups is 1. The van der Waals surface area contributed by atoms with Gasteiger partial charge in [-0.25, -0.2) is 4.68 Å². The molecular weight excluding hydrogens is 248 g/mol. The summed E-state index contributed by atoms with van der Waals surface area (Å²) in [5.41, 5.74) is 0.416. The minimum atomic E-state index is -0.450. The summed E-state index contributed by atoms with van der Waals surface area (Å²) in [6.45, 7) is 4.07. The molecule has 2 atom stereocenters. The van der Waals surface area contributed by atoms with Gasteiger partial charge in [0.1, 0.15) is 5.69 Å². The van der Waals surface area contributed by atoms with Gasteiger partial charge in [-0.3, -0.25) is 10.1 Å². The zero-order valence-electron chi connectivity index (χ0n) is 11.3. The number of aliphatic hydroxyl groups excluding tert-OH is 1. The predicted octanol–water partition coefficient (Wildman–Crippen LogP) is 1.84.